The molecule has 5 nitrogen and oxygen atoms in total. The second kappa shape index (κ2) is 6.55. The van der Waals surface area contributed by atoms with Crippen LogP contribution in [0.25, 0.3) is 0 Å². The molecule has 0 aliphatic heterocycles. The molecule has 1 aromatic heterocycles. The molecule has 0 saturated carbocycles. The highest BCUT2D eigenvalue weighted by Gasteiger charge is 2.13. The smallest absolute Gasteiger partial charge is 0.271 e. The minimum absolute atomic E-state index is 0. The van der Waals surface area contributed by atoms with E-state index >= 15 is 0 Å². The van der Waals surface area contributed by atoms with Crippen LogP contribution in [0, 0.1) is 0 Å². The molecule has 1 amide bonds. The van der Waals surface area contributed by atoms with E-state index in [-0.39, 0.29) is 35.1 Å². The summed E-state index contributed by atoms with van der Waals surface area (Å²) >= 11 is 5.73. The van der Waals surface area contributed by atoms with Crippen LogP contribution < -0.4 is 11.1 Å². The third-order valence-corrected chi connectivity index (χ3v) is 1.89. The molecular weight excluding hydrogens is 239 g/mol. The number of carbonyl (C=O) groups excluding carboxylic acids is 1. The summed E-state index contributed by atoms with van der Waals surface area (Å²) in [6, 6.07) is -0.103. The fourth-order valence-electron chi connectivity index (χ4n) is 0.831. The molecule has 0 spiro atoms. The summed E-state index contributed by atoms with van der Waals surface area (Å²) in [6.45, 7) is 2.17. The Hall–Kier alpha value is -0.910. The largest absolute Gasteiger partial charge is 0.347 e. The predicted octanol–water partition coefficient (Wildman–Crippen LogP) is 0.629. The zero-order chi connectivity index (χ0) is 10.6. The molecule has 0 aromatic carbocycles. The van der Waals surface area contributed by atoms with Gasteiger partial charge in [-0.1, -0.05) is 11.6 Å². The number of nitrogens with two attached hydrogens (primary N) is 1. The van der Waals surface area contributed by atoms with E-state index in [4.69, 9.17) is 17.3 Å². The highest BCUT2D eigenvalue weighted by molar-refractivity contribution is 6.33. The van der Waals surface area contributed by atoms with Crippen molar-refractivity contribution in [3.8, 4) is 0 Å². The first kappa shape index (κ1) is 14.1. The minimum Gasteiger partial charge on any atom is -0.347 e. The number of carbonyl (C=O) groups is 1. The maximum absolute atomic E-state index is 11.5. The maximum atomic E-state index is 11.5. The van der Waals surface area contributed by atoms with Crippen LogP contribution in [0.15, 0.2) is 12.5 Å². The zero-order valence-electron chi connectivity index (χ0n) is 8.11. The summed E-state index contributed by atoms with van der Waals surface area (Å²) in [7, 11) is 0. The quantitative estimate of drug-likeness (QED) is 0.825. The van der Waals surface area contributed by atoms with Gasteiger partial charge in [-0.3, -0.25) is 4.79 Å². The predicted molar refractivity (Wildman–Crippen MR) is 60.3 cm³/mol. The average Bonchev–Trinajstić information content (AvgIpc) is 2.18. The lowest BCUT2D eigenvalue weighted by Crippen LogP contribution is -2.38. The Morgan fingerprint density at radius 2 is 2.40 bits per heavy atom. The summed E-state index contributed by atoms with van der Waals surface area (Å²) in [4.78, 5) is 18.9. The lowest BCUT2D eigenvalue weighted by atomic mass is 10.3. The number of nitrogens with zero attached hydrogens (tertiary/aromatic N) is 2. The van der Waals surface area contributed by atoms with E-state index in [1.807, 2.05) is 0 Å². The van der Waals surface area contributed by atoms with Gasteiger partial charge in [-0.25, -0.2) is 9.97 Å². The normalized spacial score (nSPS) is 11.4. The number of hydrogen-bond donors (Lipinski definition) is 2. The maximum Gasteiger partial charge on any atom is 0.271 e. The molecule has 0 radical (unpaired) electrons. The van der Waals surface area contributed by atoms with Gasteiger partial charge in [0.25, 0.3) is 5.91 Å². The minimum atomic E-state index is -0.338. The van der Waals surface area contributed by atoms with Crippen molar-refractivity contribution in [1.82, 2.24) is 15.3 Å². The second-order valence-corrected chi connectivity index (χ2v) is 3.24. The highest BCUT2D eigenvalue weighted by Crippen LogP contribution is 2.10. The first-order valence-corrected chi connectivity index (χ1v) is 4.49. The van der Waals surface area contributed by atoms with Crippen LogP contribution in [-0.4, -0.2) is 28.5 Å². The SMILES string of the molecule is C[C@@H](CN)NC(=O)c1ncncc1Cl.Cl. The molecule has 1 rings (SSSR count). The Kier molecular flexibility index (Phi) is 6.15. The Labute approximate surface area is 98.8 Å². The first-order valence-electron chi connectivity index (χ1n) is 4.11. The molecule has 84 valence electrons. The van der Waals surface area contributed by atoms with Gasteiger partial charge in [0, 0.05) is 18.8 Å². The molecule has 0 aliphatic rings. The molecule has 1 aromatic rings. The standard InChI is InChI=1S/C8H11ClN4O.ClH/c1-5(2-10)13-8(14)7-6(9)3-11-4-12-7;/h3-5H,2,10H2,1H3,(H,13,14);1H/t5-;/m0./s1. The van der Waals surface area contributed by atoms with Crippen molar-refractivity contribution >= 4 is 29.9 Å². The van der Waals surface area contributed by atoms with E-state index in [1.54, 1.807) is 6.92 Å². The van der Waals surface area contributed by atoms with Gasteiger partial charge in [0.2, 0.25) is 0 Å². The summed E-state index contributed by atoms with van der Waals surface area (Å²) in [6.07, 6.45) is 2.64. The van der Waals surface area contributed by atoms with E-state index in [1.165, 1.54) is 12.5 Å². The summed E-state index contributed by atoms with van der Waals surface area (Å²) in [5.74, 6) is -0.338. The monoisotopic (exact) mass is 250 g/mol. The van der Waals surface area contributed by atoms with Crippen molar-refractivity contribution in [3.05, 3.63) is 23.2 Å². The van der Waals surface area contributed by atoms with Gasteiger partial charge in [0.05, 0.1) is 5.02 Å². The third kappa shape index (κ3) is 3.99. The van der Waals surface area contributed by atoms with Gasteiger partial charge in [-0.15, -0.1) is 12.4 Å². The van der Waals surface area contributed by atoms with E-state index in [2.05, 4.69) is 15.3 Å². The van der Waals surface area contributed by atoms with Gasteiger partial charge >= 0.3 is 0 Å². The van der Waals surface area contributed by atoms with Gasteiger partial charge in [-0.05, 0) is 6.92 Å². The molecule has 1 heterocycles. The summed E-state index contributed by atoms with van der Waals surface area (Å²) in [5, 5.41) is 2.88. The summed E-state index contributed by atoms with van der Waals surface area (Å²) < 4.78 is 0. The fraction of sp³-hybridized carbons (Fsp3) is 0.375. The van der Waals surface area contributed by atoms with Crippen LogP contribution in [0.3, 0.4) is 0 Å². The third-order valence-electron chi connectivity index (χ3n) is 1.61. The van der Waals surface area contributed by atoms with Crippen molar-refractivity contribution in [2.24, 2.45) is 5.73 Å². The number of rotatable bonds is 3. The Morgan fingerprint density at radius 3 is 2.93 bits per heavy atom. The molecule has 3 N–H and O–H groups in total. The molecule has 0 unspecified atom stereocenters. The molecule has 0 fully saturated rings. The molecule has 0 bridgehead atoms. The molecule has 1 atom stereocenters. The Balaban J connectivity index is 0.00000196. The fourth-order valence-corrected chi connectivity index (χ4v) is 1.02. The van der Waals surface area contributed by atoms with Crippen molar-refractivity contribution in [2.75, 3.05) is 6.54 Å². The van der Waals surface area contributed by atoms with Crippen LogP contribution in [0.4, 0.5) is 0 Å². The van der Waals surface area contributed by atoms with Crippen molar-refractivity contribution in [3.63, 3.8) is 0 Å². The van der Waals surface area contributed by atoms with Gasteiger partial charge in [-0.2, -0.15) is 0 Å². The number of aromatic nitrogens is 2. The second-order valence-electron chi connectivity index (χ2n) is 2.83. The van der Waals surface area contributed by atoms with E-state index < -0.39 is 0 Å². The van der Waals surface area contributed by atoms with Crippen molar-refractivity contribution < 1.29 is 4.79 Å². The number of halogens is 2. The molecular formula is C8H12Cl2N4O. The number of hydrogen-bond acceptors (Lipinski definition) is 4. The first-order chi connectivity index (χ1) is 6.65. The Morgan fingerprint density at radius 1 is 1.73 bits per heavy atom. The van der Waals surface area contributed by atoms with E-state index in [0.717, 1.165) is 0 Å². The summed E-state index contributed by atoms with van der Waals surface area (Å²) in [5.41, 5.74) is 5.52. The van der Waals surface area contributed by atoms with Crippen LogP contribution in [0.2, 0.25) is 5.02 Å². The van der Waals surface area contributed by atoms with Gasteiger partial charge in [0.15, 0.2) is 0 Å². The van der Waals surface area contributed by atoms with Crippen LogP contribution in [0.5, 0.6) is 0 Å². The van der Waals surface area contributed by atoms with Gasteiger partial charge < -0.3 is 11.1 Å². The lowest BCUT2D eigenvalue weighted by molar-refractivity contribution is 0.0936. The lowest BCUT2D eigenvalue weighted by Gasteiger charge is -2.10. The van der Waals surface area contributed by atoms with Crippen LogP contribution in [0.1, 0.15) is 17.4 Å². The Bertz CT molecular complexity index is 334. The number of amides is 1. The van der Waals surface area contributed by atoms with Crippen molar-refractivity contribution in [1.29, 1.82) is 0 Å². The molecule has 0 aliphatic carbocycles. The molecule has 7 heteroatoms. The number of nitrogens with one attached hydrogen (secondary N) is 1. The van der Waals surface area contributed by atoms with E-state index in [0.29, 0.717) is 6.54 Å². The van der Waals surface area contributed by atoms with Crippen LogP contribution in [-0.2, 0) is 0 Å². The average molecular weight is 251 g/mol. The topological polar surface area (TPSA) is 80.9 Å². The molecule has 15 heavy (non-hydrogen) atoms. The highest BCUT2D eigenvalue weighted by atomic mass is 35.5. The zero-order valence-corrected chi connectivity index (χ0v) is 9.68. The van der Waals surface area contributed by atoms with Crippen LogP contribution >= 0.6 is 24.0 Å². The van der Waals surface area contributed by atoms with Gasteiger partial charge in [0.1, 0.15) is 12.0 Å². The van der Waals surface area contributed by atoms with E-state index in [9.17, 15) is 4.79 Å². The van der Waals surface area contributed by atoms with Crippen molar-refractivity contribution in [2.45, 2.75) is 13.0 Å². The molecule has 0 saturated heterocycles.